The SMILES string of the molecule is O=C(c1ccc(COc2ccccc2Br)o1)N1CCN(Cc2cccc(C(F)(F)F)c2)CC1. The van der Waals surface area contributed by atoms with Gasteiger partial charge in [0.15, 0.2) is 5.76 Å². The van der Waals surface area contributed by atoms with E-state index in [1.54, 1.807) is 23.1 Å². The van der Waals surface area contributed by atoms with Crippen molar-refractivity contribution in [2.75, 3.05) is 26.2 Å². The van der Waals surface area contributed by atoms with Gasteiger partial charge in [-0.1, -0.05) is 30.3 Å². The molecule has 0 bridgehead atoms. The molecule has 5 nitrogen and oxygen atoms in total. The molecule has 174 valence electrons. The third-order valence-electron chi connectivity index (χ3n) is 5.40. The molecule has 0 aliphatic carbocycles. The predicted molar refractivity (Wildman–Crippen MR) is 120 cm³/mol. The maximum absolute atomic E-state index is 12.9. The van der Waals surface area contributed by atoms with Gasteiger partial charge >= 0.3 is 6.18 Å². The maximum Gasteiger partial charge on any atom is 0.416 e. The van der Waals surface area contributed by atoms with Gasteiger partial charge in [0.2, 0.25) is 0 Å². The number of alkyl halides is 3. The third-order valence-corrected chi connectivity index (χ3v) is 6.05. The zero-order valence-electron chi connectivity index (χ0n) is 17.6. The van der Waals surface area contributed by atoms with Gasteiger partial charge in [0, 0.05) is 32.7 Å². The Morgan fingerprint density at radius 3 is 2.48 bits per heavy atom. The second-order valence-corrected chi connectivity index (χ2v) is 8.61. The van der Waals surface area contributed by atoms with Crippen molar-refractivity contribution in [2.45, 2.75) is 19.3 Å². The fourth-order valence-electron chi connectivity index (χ4n) is 3.65. The Hall–Kier alpha value is -2.78. The van der Waals surface area contributed by atoms with Crippen molar-refractivity contribution in [3.8, 4) is 5.75 Å². The number of para-hydroxylation sites is 1. The Balaban J connectivity index is 1.29. The number of benzene rings is 2. The van der Waals surface area contributed by atoms with Crippen LogP contribution in [0, 0.1) is 0 Å². The van der Waals surface area contributed by atoms with Gasteiger partial charge in [-0.05, 0) is 51.8 Å². The summed E-state index contributed by atoms with van der Waals surface area (Å²) in [6.07, 6.45) is -4.36. The van der Waals surface area contributed by atoms with Crippen LogP contribution < -0.4 is 4.74 Å². The molecule has 1 aliphatic heterocycles. The number of hydrogen-bond acceptors (Lipinski definition) is 4. The number of carbonyl (C=O) groups excluding carboxylic acids is 1. The van der Waals surface area contributed by atoms with E-state index in [1.165, 1.54) is 12.1 Å². The highest BCUT2D eigenvalue weighted by Crippen LogP contribution is 2.30. The number of hydrogen-bond donors (Lipinski definition) is 0. The molecule has 3 aromatic rings. The van der Waals surface area contributed by atoms with Crippen molar-refractivity contribution in [2.24, 2.45) is 0 Å². The van der Waals surface area contributed by atoms with Crippen LogP contribution in [0.25, 0.3) is 0 Å². The predicted octanol–water partition coefficient (Wildman–Crippen LogP) is 5.60. The van der Waals surface area contributed by atoms with E-state index in [0.29, 0.717) is 49.8 Å². The molecule has 0 radical (unpaired) electrons. The highest BCUT2D eigenvalue weighted by molar-refractivity contribution is 9.10. The molecule has 1 aromatic heterocycles. The number of furan rings is 1. The fourth-order valence-corrected chi connectivity index (χ4v) is 4.05. The number of amides is 1. The van der Waals surface area contributed by atoms with E-state index in [1.807, 2.05) is 29.2 Å². The zero-order valence-corrected chi connectivity index (χ0v) is 19.2. The molecule has 2 aromatic carbocycles. The lowest BCUT2D eigenvalue weighted by Crippen LogP contribution is -2.48. The van der Waals surface area contributed by atoms with Gasteiger partial charge in [-0.3, -0.25) is 9.69 Å². The fraction of sp³-hybridized carbons (Fsp3) is 0.292. The normalized spacial score (nSPS) is 15.0. The molecule has 0 atom stereocenters. The van der Waals surface area contributed by atoms with Crippen LogP contribution in [0.4, 0.5) is 13.2 Å². The highest BCUT2D eigenvalue weighted by atomic mass is 79.9. The number of halogens is 4. The number of nitrogens with zero attached hydrogens (tertiary/aromatic N) is 2. The maximum atomic E-state index is 12.9. The van der Waals surface area contributed by atoms with Gasteiger partial charge < -0.3 is 14.1 Å². The van der Waals surface area contributed by atoms with E-state index >= 15 is 0 Å². The molecule has 0 spiro atoms. The largest absolute Gasteiger partial charge is 0.484 e. The topological polar surface area (TPSA) is 45.9 Å². The van der Waals surface area contributed by atoms with E-state index in [2.05, 4.69) is 15.9 Å². The lowest BCUT2D eigenvalue weighted by atomic mass is 10.1. The molecular formula is C24H22BrF3N2O3. The van der Waals surface area contributed by atoms with Crippen LogP contribution in [-0.4, -0.2) is 41.9 Å². The first-order valence-corrected chi connectivity index (χ1v) is 11.2. The van der Waals surface area contributed by atoms with Gasteiger partial charge in [-0.2, -0.15) is 13.2 Å². The summed E-state index contributed by atoms with van der Waals surface area (Å²) in [7, 11) is 0. The van der Waals surface area contributed by atoms with Crippen LogP contribution in [0.2, 0.25) is 0 Å². The molecule has 0 N–H and O–H groups in total. The Morgan fingerprint density at radius 2 is 1.76 bits per heavy atom. The minimum Gasteiger partial charge on any atom is -0.484 e. The average Bonchev–Trinajstić information content (AvgIpc) is 3.27. The summed E-state index contributed by atoms with van der Waals surface area (Å²) >= 11 is 3.42. The average molecular weight is 523 g/mol. The summed E-state index contributed by atoms with van der Waals surface area (Å²) < 4.78 is 51.0. The van der Waals surface area contributed by atoms with Crippen molar-refractivity contribution in [3.63, 3.8) is 0 Å². The summed E-state index contributed by atoms with van der Waals surface area (Å²) in [5, 5.41) is 0. The van der Waals surface area contributed by atoms with Gasteiger partial charge in [-0.15, -0.1) is 0 Å². The first-order chi connectivity index (χ1) is 15.8. The number of rotatable bonds is 6. The number of carbonyl (C=O) groups is 1. The standard InChI is InChI=1S/C24H22BrF3N2O3/c25-20-6-1-2-7-21(20)32-16-19-8-9-22(33-19)23(31)30-12-10-29(11-13-30)15-17-4-3-5-18(14-17)24(26,27)28/h1-9,14H,10-13,15-16H2. The summed E-state index contributed by atoms with van der Waals surface area (Å²) in [6.45, 7) is 2.69. The van der Waals surface area contributed by atoms with Gasteiger partial charge in [-0.25, -0.2) is 0 Å². The van der Waals surface area contributed by atoms with Crippen LogP contribution in [0.3, 0.4) is 0 Å². The van der Waals surface area contributed by atoms with Crippen molar-refractivity contribution >= 4 is 21.8 Å². The second-order valence-electron chi connectivity index (χ2n) is 7.75. The summed E-state index contributed by atoms with van der Waals surface area (Å²) in [4.78, 5) is 16.5. The Bertz CT molecular complexity index is 1110. The minimum absolute atomic E-state index is 0.195. The molecule has 1 fully saturated rings. The number of ether oxygens (including phenoxy) is 1. The van der Waals surface area contributed by atoms with Crippen LogP contribution in [0.5, 0.6) is 5.75 Å². The van der Waals surface area contributed by atoms with Crippen molar-refractivity contribution < 1.29 is 27.1 Å². The van der Waals surface area contributed by atoms with Crippen LogP contribution in [0.1, 0.15) is 27.4 Å². The Kier molecular flexibility index (Phi) is 7.09. The monoisotopic (exact) mass is 522 g/mol. The van der Waals surface area contributed by atoms with Crippen molar-refractivity contribution in [1.29, 1.82) is 0 Å². The van der Waals surface area contributed by atoms with Crippen molar-refractivity contribution in [3.05, 3.63) is 87.8 Å². The molecule has 1 aliphatic rings. The van der Waals surface area contributed by atoms with E-state index in [4.69, 9.17) is 9.15 Å². The van der Waals surface area contributed by atoms with E-state index in [-0.39, 0.29) is 18.3 Å². The van der Waals surface area contributed by atoms with E-state index < -0.39 is 11.7 Å². The van der Waals surface area contributed by atoms with E-state index in [0.717, 1.165) is 10.5 Å². The highest BCUT2D eigenvalue weighted by Gasteiger charge is 2.30. The van der Waals surface area contributed by atoms with Crippen LogP contribution >= 0.6 is 15.9 Å². The third kappa shape index (κ3) is 5.97. The van der Waals surface area contributed by atoms with Crippen LogP contribution in [-0.2, 0) is 19.3 Å². The summed E-state index contributed by atoms with van der Waals surface area (Å²) in [5.41, 5.74) is -0.0450. The molecule has 33 heavy (non-hydrogen) atoms. The van der Waals surface area contributed by atoms with Gasteiger partial charge in [0.05, 0.1) is 10.0 Å². The van der Waals surface area contributed by atoms with Crippen molar-refractivity contribution in [1.82, 2.24) is 9.80 Å². The molecular weight excluding hydrogens is 501 g/mol. The molecule has 0 unspecified atom stereocenters. The van der Waals surface area contributed by atoms with Crippen LogP contribution in [0.15, 0.2) is 69.6 Å². The molecule has 1 amide bonds. The molecule has 1 saturated heterocycles. The van der Waals surface area contributed by atoms with E-state index in [9.17, 15) is 18.0 Å². The number of piperazine rings is 1. The lowest BCUT2D eigenvalue weighted by molar-refractivity contribution is -0.137. The first kappa shape index (κ1) is 23.4. The van der Waals surface area contributed by atoms with Gasteiger partial charge in [0.1, 0.15) is 18.1 Å². The second kappa shape index (κ2) is 10.0. The molecule has 9 heteroatoms. The Labute approximate surface area is 197 Å². The summed E-state index contributed by atoms with van der Waals surface area (Å²) in [5.74, 6) is 1.25. The summed E-state index contributed by atoms with van der Waals surface area (Å²) in [6, 6.07) is 16.2. The zero-order chi connectivity index (χ0) is 23.4. The quantitative estimate of drug-likeness (QED) is 0.422. The first-order valence-electron chi connectivity index (χ1n) is 10.4. The van der Waals surface area contributed by atoms with Gasteiger partial charge in [0.25, 0.3) is 5.91 Å². The molecule has 0 saturated carbocycles. The smallest absolute Gasteiger partial charge is 0.416 e. The lowest BCUT2D eigenvalue weighted by Gasteiger charge is -2.34. The molecule has 2 heterocycles. The molecule has 4 rings (SSSR count). The Morgan fingerprint density at radius 1 is 1.00 bits per heavy atom. The minimum atomic E-state index is -4.36.